The lowest BCUT2D eigenvalue weighted by Gasteiger charge is -2.09. The van der Waals surface area contributed by atoms with Crippen LogP contribution in [0.1, 0.15) is 0 Å². The molecule has 0 aliphatic rings. The van der Waals surface area contributed by atoms with Crippen LogP contribution in [0.5, 0.6) is 0 Å². The molecule has 0 aliphatic carbocycles. The Morgan fingerprint density at radius 1 is 0.818 bits per heavy atom. The van der Waals surface area contributed by atoms with Crippen molar-refractivity contribution in [2.75, 3.05) is 0 Å². The molecule has 3 aromatic heterocycles. The van der Waals surface area contributed by atoms with Crippen LogP contribution in [0.15, 0.2) is 67.3 Å². The van der Waals surface area contributed by atoms with E-state index in [1.165, 1.54) is 0 Å². The molecule has 106 valence electrons. The number of hydrogen-bond donors (Lipinski definition) is 0. The van der Waals surface area contributed by atoms with Crippen LogP contribution in [0.25, 0.3) is 28.1 Å². The predicted molar refractivity (Wildman–Crippen MR) is 87.1 cm³/mol. The highest BCUT2D eigenvalue weighted by Gasteiger charge is 2.14. The Morgan fingerprint density at radius 3 is 2.32 bits per heavy atom. The first kappa shape index (κ1) is 13.0. The van der Waals surface area contributed by atoms with Gasteiger partial charge in [-0.2, -0.15) is 0 Å². The molecule has 3 heterocycles. The van der Waals surface area contributed by atoms with Gasteiger partial charge in [-0.1, -0.05) is 11.6 Å². The Bertz CT molecular complexity index is 930. The summed E-state index contributed by atoms with van der Waals surface area (Å²) >= 11 is 6.00. The fraction of sp³-hybridized carbons (Fsp3) is 0. The van der Waals surface area contributed by atoms with Crippen molar-refractivity contribution in [1.82, 2.24) is 19.5 Å². The topological polar surface area (TPSA) is 43.6 Å². The number of nitrogens with zero attached hydrogens (tertiary/aromatic N) is 4. The molecule has 0 saturated heterocycles. The van der Waals surface area contributed by atoms with Crippen molar-refractivity contribution < 1.29 is 0 Å². The minimum absolute atomic E-state index is 0.705. The fourth-order valence-electron chi connectivity index (χ4n) is 2.47. The molecule has 4 nitrogen and oxygen atoms in total. The van der Waals surface area contributed by atoms with Crippen LogP contribution in [0.3, 0.4) is 0 Å². The van der Waals surface area contributed by atoms with E-state index in [1.807, 2.05) is 48.7 Å². The summed E-state index contributed by atoms with van der Waals surface area (Å²) in [6, 6.07) is 13.5. The van der Waals surface area contributed by atoms with E-state index in [1.54, 1.807) is 18.6 Å². The highest BCUT2D eigenvalue weighted by molar-refractivity contribution is 6.30. The highest BCUT2D eigenvalue weighted by Crippen LogP contribution is 2.28. The van der Waals surface area contributed by atoms with E-state index in [9.17, 15) is 0 Å². The number of hydrogen-bond acceptors (Lipinski definition) is 3. The molecule has 0 aliphatic heterocycles. The first-order valence-electron chi connectivity index (χ1n) is 6.82. The third-order valence-corrected chi connectivity index (χ3v) is 3.73. The number of halogens is 1. The number of benzene rings is 1. The fourth-order valence-corrected chi connectivity index (χ4v) is 2.60. The van der Waals surface area contributed by atoms with E-state index in [0.29, 0.717) is 5.02 Å². The predicted octanol–water partition coefficient (Wildman–Crippen LogP) is 4.14. The summed E-state index contributed by atoms with van der Waals surface area (Å²) in [5.41, 5.74) is 3.85. The van der Waals surface area contributed by atoms with E-state index in [2.05, 4.69) is 14.5 Å². The van der Waals surface area contributed by atoms with Gasteiger partial charge in [0.15, 0.2) is 0 Å². The number of pyridine rings is 2. The minimum atomic E-state index is 0.705. The summed E-state index contributed by atoms with van der Waals surface area (Å²) in [4.78, 5) is 13.0. The van der Waals surface area contributed by atoms with Crippen LogP contribution in [-0.4, -0.2) is 19.5 Å². The molecule has 5 heteroatoms. The lowest BCUT2D eigenvalue weighted by Crippen LogP contribution is -1.97. The largest absolute Gasteiger partial charge is 0.291 e. The minimum Gasteiger partial charge on any atom is -0.291 e. The molecule has 4 rings (SSSR count). The third kappa shape index (κ3) is 2.14. The van der Waals surface area contributed by atoms with Gasteiger partial charge in [-0.15, -0.1) is 0 Å². The SMILES string of the molecule is Clc1ccc(-n2c(-c3ccncc3)nc3ccncc32)cc1. The second-order valence-electron chi connectivity index (χ2n) is 4.85. The molecule has 0 radical (unpaired) electrons. The summed E-state index contributed by atoms with van der Waals surface area (Å²) in [6.45, 7) is 0. The highest BCUT2D eigenvalue weighted by atomic mass is 35.5. The van der Waals surface area contributed by atoms with Gasteiger partial charge in [0.1, 0.15) is 5.82 Å². The van der Waals surface area contributed by atoms with Gasteiger partial charge in [0.2, 0.25) is 0 Å². The van der Waals surface area contributed by atoms with Crippen molar-refractivity contribution in [2.45, 2.75) is 0 Å². The van der Waals surface area contributed by atoms with Crippen LogP contribution >= 0.6 is 11.6 Å². The molecule has 0 bridgehead atoms. The van der Waals surface area contributed by atoms with Crippen molar-refractivity contribution in [3.63, 3.8) is 0 Å². The molecular formula is C17H11ClN4. The van der Waals surface area contributed by atoms with Gasteiger partial charge in [-0.05, 0) is 42.5 Å². The van der Waals surface area contributed by atoms with Gasteiger partial charge in [0, 0.05) is 34.9 Å². The molecule has 0 fully saturated rings. The molecule has 22 heavy (non-hydrogen) atoms. The van der Waals surface area contributed by atoms with Crippen molar-refractivity contribution in [3.05, 3.63) is 72.3 Å². The summed E-state index contributed by atoms with van der Waals surface area (Å²) in [6.07, 6.45) is 7.09. The zero-order valence-electron chi connectivity index (χ0n) is 11.5. The van der Waals surface area contributed by atoms with Crippen LogP contribution in [0.4, 0.5) is 0 Å². The summed E-state index contributed by atoms with van der Waals surface area (Å²) in [7, 11) is 0. The lowest BCUT2D eigenvalue weighted by molar-refractivity contribution is 1.09. The number of rotatable bonds is 2. The Labute approximate surface area is 132 Å². The maximum atomic E-state index is 6.00. The first-order chi connectivity index (χ1) is 10.8. The molecule has 0 unspecified atom stereocenters. The molecule has 4 aromatic rings. The van der Waals surface area contributed by atoms with E-state index in [0.717, 1.165) is 28.1 Å². The van der Waals surface area contributed by atoms with Gasteiger partial charge in [0.25, 0.3) is 0 Å². The third-order valence-electron chi connectivity index (χ3n) is 3.48. The van der Waals surface area contributed by atoms with E-state index in [-0.39, 0.29) is 0 Å². The maximum absolute atomic E-state index is 6.00. The molecule has 0 N–H and O–H groups in total. The van der Waals surface area contributed by atoms with E-state index >= 15 is 0 Å². The molecular weight excluding hydrogens is 296 g/mol. The number of imidazole rings is 1. The van der Waals surface area contributed by atoms with Crippen LogP contribution in [0.2, 0.25) is 5.02 Å². The van der Waals surface area contributed by atoms with Crippen molar-refractivity contribution >= 4 is 22.6 Å². The van der Waals surface area contributed by atoms with Gasteiger partial charge in [-0.3, -0.25) is 14.5 Å². The Balaban J connectivity index is 2.04. The van der Waals surface area contributed by atoms with Gasteiger partial charge < -0.3 is 0 Å². The average molecular weight is 307 g/mol. The Kier molecular flexibility index (Phi) is 3.09. The monoisotopic (exact) mass is 306 g/mol. The smallest absolute Gasteiger partial charge is 0.145 e. The van der Waals surface area contributed by atoms with E-state index in [4.69, 9.17) is 16.6 Å². The zero-order valence-corrected chi connectivity index (χ0v) is 12.3. The second-order valence-corrected chi connectivity index (χ2v) is 5.28. The number of fused-ring (bicyclic) bond motifs is 1. The molecule has 0 saturated carbocycles. The van der Waals surface area contributed by atoms with Gasteiger partial charge in [-0.25, -0.2) is 4.98 Å². The molecule has 0 atom stereocenters. The van der Waals surface area contributed by atoms with Crippen molar-refractivity contribution in [2.24, 2.45) is 0 Å². The molecule has 0 spiro atoms. The molecule has 1 aromatic carbocycles. The normalized spacial score (nSPS) is 11.0. The summed E-state index contributed by atoms with van der Waals surface area (Å²) in [5.74, 6) is 0.854. The Morgan fingerprint density at radius 2 is 1.55 bits per heavy atom. The standard InChI is InChI=1S/C17H11ClN4/c18-13-1-3-14(4-2-13)22-16-11-20-10-7-15(16)21-17(22)12-5-8-19-9-6-12/h1-11H. The van der Waals surface area contributed by atoms with Crippen LogP contribution in [0, 0.1) is 0 Å². The lowest BCUT2D eigenvalue weighted by atomic mass is 10.2. The zero-order chi connectivity index (χ0) is 14.9. The first-order valence-corrected chi connectivity index (χ1v) is 7.19. The van der Waals surface area contributed by atoms with Crippen LogP contribution < -0.4 is 0 Å². The van der Waals surface area contributed by atoms with Gasteiger partial charge >= 0.3 is 0 Å². The summed E-state index contributed by atoms with van der Waals surface area (Å²) < 4.78 is 2.08. The van der Waals surface area contributed by atoms with Crippen molar-refractivity contribution in [1.29, 1.82) is 0 Å². The quantitative estimate of drug-likeness (QED) is 0.559. The van der Waals surface area contributed by atoms with E-state index < -0.39 is 0 Å². The maximum Gasteiger partial charge on any atom is 0.145 e. The van der Waals surface area contributed by atoms with Crippen molar-refractivity contribution in [3.8, 4) is 17.1 Å². The van der Waals surface area contributed by atoms with Crippen LogP contribution in [-0.2, 0) is 0 Å². The second kappa shape index (κ2) is 5.24. The summed E-state index contributed by atoms with van der Waals surface area (Å²) in [5, 5.41) is 0.705. The van der Waals surface area contributed by atoms with Gasteiger partial charge in [0.05, 0.1) is 17.2 Å². The Hall–Kier alpha value is -2.72. The molecule has 0 amide bonds. The average Bonchev–Trinajstić information content (AvgIpc) is 2.96. The number of aromatic nitrogens is 4.